The molecule has 0 aromatic heterocycles. The first-order valence-electron chi connectivity index (χ1n) is 8.74. The van der Waals surface area contributed by atoms with Crippen molar-refractivity contribution in [1.29, 1.82) is 0 Å². The van der Waals surface area contributed by atoms with Crippen LogP contribution >= 0.6 is 31.9 Å². The Morgan fingerprint density at radius 1 is 0.846 bits per heavy atom. The summed E-state index contributed by atoms with van der Waals surface area (Å²) in [5, 5.41) is 0. The molecule has 0 bridgehead atoms. The van der Waals surface area contributed by atoms with Crippen molar-refractivity contribution in [3.8, 4) is 0 Å². The summed E-state index contributed by atoms with van der Waals surface area (Å²) in [7, 11) is 0. The number of carbonyl (C=O) groups is 1. The topological polar surface area (TPSA) is 20.3 Å². The van der Waals surface area contributed by atoms with E-state index in [9.17, 15) is 4.79 Å². The van der Waals surface area contributed by atoms with Gasteiger partial charge in [0, 0.05) is 33.2 Å². The number of likely N-dealkylation sites (tertiary alicyclic amines) is 1. The third kappa shape index (κ3) is 5.03. The van der Waals surface area contributed by atoms with E-state index in [-0.39, 0.29) is 5.78 Å². The highest BCUT2D eigenvalue weighted by Gasteiger charge is 2.25. The molecule has 0 saturated carbocycles. The maximum Gasteiger partial charge on any atom is 0.187 e. The summed E-state index contributed by atoms with van der Waals surface area (Å²) in [6.07, 6.45) is 5.11. The van der Waals surface area contributed by atoms with Crippen molar-refractivity contribution in [1.82, 2.24) is 4.90 Å². The lowest BCUT2D eigenvalue weighted by Crippen LogP contribution is -2.38. The van der Waals surface area contributed by atoms with Crippen LogP contribution in [-0.4, -0.2) is 30.3 Å². The number of hydrogen-bond donors (Lipinski definition) is 0. The van der Waals surface area contributed by atoms with Gasteiger partial charge in [-0.2, -0.15) is 0 Å². The molecule has 1 heterocycles. The summed E-state index contributed by atoms with van der Waals surface area (Å²) in [5.41, 5.74) is 3.82. The van der Waals surface area contributed by atoms with Crippen molar-refractivity contribution in [2.24, 2.45) is 0 Å². The molecule has 0 N–H and O–H groups in total. The van der Waals surface area contributed by atoms with E-state index < -0.39 is 0 Å². The van der Waals surface area contributed by atoms with Gasteiger partial charge in [-0.1, -0.05) is 63.0 Å². The molecule has 134 valence electrons. The molecule has 1 aliphatic rings. The summed E-state index contributed by atoms with van der Waals surface area (Å²) in [4.78, 5) is 15.4. The summed E-state index contributed by atoms with van der Waals surface area (Å²) in [6.45, 7) is 4.58. The van der Waals surface area contributed by atoms with E-state index in [1.165, 1.54) is 0 Å². The molecule has 2 aromatic rings. The molecule has 26 heavy (non-hydrogen) atoms. The number of hydrogen-bond acceptors (Lipinski definition) is 2. The second-order valence-electron chi connectivity index (χ2n) is 6.48. The number of benzene rings is 2. The van der Waals surface area contributed by atoms with Crippen molar-refractivity contribution in [3.05, 3.63) is 79.7 Å². The van der Waals surface area contributed by atoms with Gasteiger partial charge in [-0.3, -0.25) is 9.69 Å². The molecule has 1 fully saturated rings. The standard InChI is InChI=1S/C22H21Br2NO/c1-2-11-25-14-18(12-16-3-7-20(23)8-4-16)22(26)19(15-25)13-17-5-9-21(24)10-6-17/h3-10,12-13H,2,11,14-15H2,1H3. The van der Waals surface area contributed by atoms with Crippen LogP contribution in [0.25, 0.3) is 12.2 Å². The van der Waals surface area contributed by atoms with Gasteiger partial charge < -0.3 is 0 Å². The Balaban J connectivity index is 1.93. The summed E-state index contributed by atoms with van der Waals surface area (Å²) in [6, 6.07) is 16.1. The fraction of sp³-hybridized carbons (Fsp3) is 0.227. The van der Waals surface area contributed by atoms with Crippen LogP contribution in [0.1, 0.15) is 24.5 Å². The molecule has 2 aromatic carbocycles. The van der Waals surface area contributed by atoms with Gasteiger partial charge in [0.1, 0.15) is 0 Å². The first-order chi connectivity index (χ1) is 12.5. The molecule has 0 amide bonds. The Kier molecular flexibility index (Phi) is 6.63. The first-order valence-corrected chi connectivity index (χ1v) is 10.3. The van der Waals surface area contributed by atoms with E-state index in [1.54, 1.807) is 0 Å². The monoisotopic (exact) mass is 473 g/mol. The quantitative estimate of drug-likeness (QED) is 0.508. The molecular formula is C22H21Br2NO. The Hall–Kier alpha value is -1.49. The zero-order valence-electron chi connectivity index (χ0n) is 14.7. The van der Waals surface area contributed by atoms with Crippen LogP contribution in [0, 0.1) is 0 Å². The Bertz CT molecular complexity index is 768. The normalized spacial score (nSPS) is 18.7. The molecule has 0 unspecified atom stereocenters. The number of carbonyl (C=O) groups excluding carboxylic acids is 1. The van der Waals surface area contributed by atoms with Gasteiger partial charge in [-0.15, -0.1) is 0 Å². The highest BCUT2D eigenvalue weighted by atomic mass is 79.9. The third-order valence-electron chi connectivity index (χ3n) is 4.33. The number of Topliss-reactive ketones (excluding diaryl/α,β-unsaturated/α-hetero) is 1. The number of piperidine rings is 1. The molecule has 1 aliphatic heterocycles. The van der Waals surface area contributed by atoms with E-state index in [0.29, 0.717) is 13.1 Å². The average molecular weight is 475 g/mol. The number of nitrogens with zero attached hydrogens (tertiary/aromatic N) is 1. The SMILES string of the molecule is CCCN1CC(=Cc2ccc(Br)cc2)C(=O)C(=Cc2ccc(Br)cc2)C1. The van der Waals surface area contributed by atoms with Gasteiger partial charge in [0.2, 0.25) is 0 Å². The molecule has 0 radical (unpaired) electrons. The molecule has 4 heteroatoms. The second kappa shape index (κ2) is 8.94. The zero-order valence-corrected chi connectivity index (χ0v) is 17.9. The lowest BCUT2D eigenvalue weighted by atomic mass is 9.94. The van der Waals surface area contributed by atoms with Gasteiger partial charge in [-0.05, 0) is 60.5 Å². The van der Waals surface area contributed by atoms with E-state index in [0.717, 1.165) is 44.2 Å². The maximum absolute atomic E-state index is 13.0. The zero-order chi connectivity index (χ0) is 18.5. The van der Waals surface area contributed by atoms with Gasteiger partial charge in [0.15, 0.2) is 5.78 Å². The fourth-order valence-corrected chi connectivity index (χ4v) is 3.63. The molecule has 0 aliphatic carbocycles. The van der Waals surface area contributed by atoms with E-state index in [1.807, 2.05) is 60.7 Å². The van der Waals surface area contributed by atoms with Crippen LogP contribution in [0.2, 0.25) is 0 Å². The van der Waals surface area contributed by atoms with Crippen LogP contribution in [0.5, 0.6) is 0 Å². The molecule has 1 saturated heterocycles. The fourth-order valence-electron chi connectivity index (χ4n) is 3.10. The predicted octanol–water partition coefficient (Wildman–Crippen LogP) is 5.97. The van der Waals surface area contributed by atoms with Crippen molar-refractivity contribution in [2.45, 2.75) is 13.3 Å². The van der Waals surface area contributed by atoms with Crippen LogP contribution in [-0.2, 0) is 4.79 Å². The summed E-state index contributed by atoms with van der Waals surface area (Å²) < 4.78 is 2.08. The Morgan fingerprint density at radius 2 is 1.27 bits per heavy atom. The minimum Gasteiger partial charge on any atom is -0.295 e. The number of halogens is 2. The second-order valence-corrected chi connectivity index (χ2v) is 8.31. The van der Waals surface area contributed by atoms with Crippen LogP contribution in [0.3, 0.4) is 0 Å². The Labute approximate surface area is 171 Å². The maximum atomic E-state index is 13.0. The van der Waals surface area contributed by atoms with Crippen molar-refractivity contribution in [2.75, 3.05) is 19.6 Å². The Morgan fingerprint density at radius 3 is 1.65 bits per heavy atom. The summed E-state index contributed by atoms with van der Waals surface area (Å²) >= 11 is 6.91. The van der Waals surface area contributed by atoms with Gasteiger partial charge in [0.25, 0.3) is 0 Å². The minimum absolute atomic E-state index is 0.156. The highest BCUT2D eigenvalue weighted by molar-refractivity contribution is 9.10. The third-order valence-corrected chi connectivity index (χ3v) is 5.39. The van der Waals surface area contributed by atoms with Crippen molar-refractivity contribution < 1.29 is 4.79 Å². The van der Waals surface area contributed by atoms with Crippen LogP contribution in [0.15, 0.2) is 68.6 Å². The average Bonchev–Trinajstić information content (AvgIpc) is 2.63. The number of ketones is 1. The largest absolute Gasteiger partial charge is 0.295 e. The van der Waals surface area contributed by atoms with E-state index >= 15 is 0 Å². The highest BCUT2D eigenvalue weighted by Crippen LogP contribution is 2.23. The van der Waals surface area contributed by atoms with Crippen molar-refractivity contribution >= 4 is 49.8 Å². The van der Waals surface area contributed by atoms with Crippen LogP contribution in [0.4, 0.5) is 0 Å². The van der Waals surface area contributed by atoms with Gasteiger partial charge >= 0.3 is 0 Å². The number of rotatable bonds is 4. The first kappa shape index (κ1) is 19.3. The molecule has 0 atom stereocenters. The van der Waals surface area contributed by atoms with Gasteiger partial charge in [0.05, 0.1) is 0 Å². The van der Waals surface area contributed by atoms with Crippen molar-refractivity contribution in [3.63, 3.8) is 0 Å². The lowest BCUT2D eigenvalue weighted by molar-refractivity contribution is -0.113. The minimum atomic E-state index is 0.156. The predicted molar refractivity (Wildman–Crippen MR) is 116 cm³/mol. The van der Waals surface area contributed by atoms with E-state index in [4.69, 9.17) is 0 Å². The molecule has 3 rings (SSSR count). The molecule has 2 nitrogen and oxygen atoms in total. The molecular weight excluding hydrogens is 454 g/mol. The lowest BCUT2D eigenvalue weighted by Gasteiger charge is -2.29. The smallest absolute Gasteiger partial charge is 0.187 e. The van der Waals surface area contributed by atoms with E-state index in [2.05, 4.69) is 43.7 Å². The molecule has 0 spiro atoms. The summed E-state index contributed by atoms with van der Waals surface area (Å²) in [5.74, 6) is 0.156. The van der Waals surface area contributed by atoms with Gasteiger partial charge in [-0.25, -0.2) is 0 Å². The van der Waals surface area contributed by atoms with Crippen LogP contribution < -0.4 is 0 Å².